The van der Waals surface area contributed by atoms with Gasteiger partial charge in [-0.05, 0) is 62.6 Å². The molecule has 5 amide bonds. The molecule has 0 saturated carbocycles. The summed E-state index contributed by atoms with van der Waals surface area (Å²) in [5, 5.41) is 6.21. The molecule has 1 aromatic carbocycles. The van der Waals surface area contributed by atoms with E-state index in [0.717, 1.165) is 24.2 Å². The number of amides is 5. The Balaban J connectivity index is 1.49. The minimum Gasteiger partial charge on any atom is -0.496 e. The van der Waals surface area contributed by atoms with E-state index in [1.807, 2.05) is 13.8 Å². The molecule has 4 rings (SSSR count). The van der Waals surface area contributed by atoms with Gasteiger partial charge in [-0.3, -0.25) is 28.9 Å². The quantitative estimate of drug-likeness (QED) is 0.324. The number of rotatable bonds is 12. The number of aromatic nitrogens is 1. The topological polar surface area (TPSA) is 167 Å². The minimum absolute atomic E-state index is 0.00374. The fraction of sp³-hybridized carbons (Fsp3) is 0.562. The number of nitrogens with one attached hydrogen (secondary N) is 3. The van der Waals surface area contributed by atoms with Gasteiger partial charge in [0.25, 0.3) is 5.91 Å². The highest BCUT2D eigenvalue weighted by molar-refractivity contribution is 6.02. The number of piperidine rings is 1. The summed E-state index contributed by atoms with van der Waals surface area (Å²) in [6.45, 7) is 5.82. The molecule has 2 aliphatic rings. The van der Waals surface area contributed by atoms with Crippen molar-refractivity contribution in [2.75, 3.05) is 33.4 Å². The van der Waals surface area contributed by atoms with E-state index in [1.165, 1.54) is 14.0 Å². The molecule has 1 aromatic heterocycles. The number of methoxy groups -OCH3 is 1. The van der Waals surface area contributed by atoms with Gasteiger partial charge in [0.15, 0.2) is 12.4 Å². The van der Waals surface area contributed by atoms with Crippen molar-refractivity contribution in [3.63, 3.8) is 0 Å². The first-order valence-electron chi connectivity index (χ1n) is 15.5. The molecule has 0 aliphatic carbocycles. The highest BCUT2D eigenvalue weighted by atomic mass is 16.6. The van der Waals surface area contributed by atoms with Gasteiger partial charge in [-0.15, -0.1) is 0 Å². The number of aromatic amines is 1. The highest BCUT2D eigenvalue weighted by Gasteiger charge is 2.38. The lowest BCUT2D eigenvalue weighted by Gasteiger charge is -2.27. The van der Waals surface area contributed by atoms with Crippen molar-refractivity contribution in [2.24, 2.45) is 11.8 Å². The first-order valence-corrected chi connectivity index (χ1v) is 15.5. The highest BCUT2D eigenvalue weighted by Crippen LogP contribution is 2.26. The summed E-state index contributed by atoms with van der Waals surface area (Å²) in [7, 11) is 1.54. The molecule has 244 valence electrons. The summed E-state index contributed by atoms with van der Waals surface area (Å²) in [5.41, 5.74) is 0.921. The van der Waals surface area contributed by atoms with Crippen LogP contribution in [0.4, 0.5) is 4.79 Å². The van der Waals surface area contributed by atoms with Gasteiger partial charge < -0.3 is 30.0 Å². The van der Waals surface area contributed by atoms with E-state index in [2.05, 4.69) is 15.6 Å². The third-order valence-electron chi connectivity index (χ3n) is 8.29. The van der Waals surface area contributed by atoms with Crippen molar-refractivity contribution < 1.29 is 38.2 Å². The molecule has 13 nitrogen and oxygen atoms in total. The molecule has 3 N–H and O–H groups in total. The van der Waals surface area contributed by atoms with Crippen LogP contribution in [-0.4, -0.2) is 95.7 Å². The van der Waals surface area contributed by atoms with Crippen LogP contribution in [0.3, 0.4) is 0 Å². The Labute approximate surface area is 262 Å². The standard InChI is InChI=1S/C32H43N5O8/c1-19(2)15-25(35-30(41)26-17-22-23(33-26)9-8-10-28(22)44-4)29(40)34-24(16-21-11-14-37(20(3)38)31(21)42)27(39)18-45-32(43)36-12-6-5-7-13-36/h8-10,17,19,21,24-25,33H,5-7,11-16,18H2,1-4H3,(H,34,40)(H,35,41)/t21-,24-,25-/m0/s1. The zero-order valence-corrected chi connectivity index (χ0v) is 26.4. The molecule has 13 heteroatoms. The molecule has 2 fully saturated rings. The number of benzene rings is 1. The minimum atomic E-state index is -1.18. The van der Waals surface area contributed by atoms with Crippen molar-refractivity contribution in [3.8, 4) is 5.75 Å². The molecule has 2 saturated heterocycles. The number of imide groups is 1. The maximum absolute atomic E-state index is 13.7. The van der Waals surface area contributed by atoms with E-state index in [4.69, 9.17) is 9.47 Å². The summed E-state index contributed by atoms with van der Waals surface area (Å²) in [6, 6.07) is 4.82. The molecular weight excluding hydrogens is 582 g/mol. The van der Waals surface area contributed by atoms with E-state index < -0.39 is 54.2 Å². The second-order valence-electron chi connectivity index (χ2n) is 12.1. The van der Waals surface area contributed by atoms with E-state index >= 15 is 0 Å². The Bertz CT molecular complexity index is 1430. The zero-order valence-electron chi connectivity index (χ0n) is 26.4. The van der Waals surface area contributed by atoms with Crippen LogP contribution in [0.25, 0.3) is 10.9 Å². The fourth-order valence-corrected chi connectivity index (χ4v) is 5.87. The van der Waals surface area contributed by atoms with Crippen LogP contribution in [0, 0.1) is 11.8 Å². The van der Waals surface area contributed by atoms with Gasteiger partial charge in [0, 0.05) is 43.4 Å². The van der Waals surface area contributed by atoms with E-state index in [1.54, 1.807) is 29.2 Å². The number of ketones is 1. The molecule has 2 aliphatic heterocycles. The molecule has 0 spiro atoms. The van der Waals surface area contributed by atoms with Gasteiger partial charge in [0.05, 0.1) is 13.2 Å². The molecule has 0 unspecified atom stereocenters. The van der Waals surface area contributed by atoms with Gasteiger partial charge in [-0.1, -0.05) is 19.9 Å². The van der Waals surface area contributed by atoms with E-state index in [-0.39, 0.29) is 36.9 Å². The van der Waals surface area contributed by atoms with Gasteiger partial charge in [-0.25, -0.2) is 4.79 Å². The SMILES string of the molecule is COc1cccc2[nH]c(C(=O)N[C@@H](CC(C)C)C(=O)N[C@@H](C[C@@H]3CCN(C(C)=O)C3=O)C(=O)COC(=O)N3CCCCC3)cc12. The first-order chi connectivity index (χ1) is 21.5. The lowest BCUT2D eigenvalue weighted by atomic mass is 9.95. The van der Waals surface area contributed by atoms with Crippen LogP contribution in [0.15, 0.2) is 24.3 Å². The third-order valence-corrected chi connectivity index (χ3v) is 8.29. The molecule has 3 atom stereocenters. The maximum Gasteiger partial charge on any atom is 0.410 e. The normalized spacial score (nSPS) is 18.1. The Morgan fingerprint density at radius 2 is 1.76 bits per heavy atom. The summed E-state index contributed by atoms with van der Waals surface area (Å²) in [5.74, 6) is -2.60. The monoisotopic (exact) mass is 625 g/mol. The van der Waals surface area contributed by atoms with Crippen molar-refractivity contribution >= 4 is 46.4 Å². The van der Waals surface area contributed by atoms with Crippen LogP contribution in [0.5, 0.6) is 5.75 Å². The van der Waals surface area contributed by atoms with Gasteiger partial charge in [-0.2, -0.15) is 0 Å². The number of ether oxygens (including phenoxy) is 2. The number of Topliss-reactive ketones (excluding diaryl/α,β-unsaturated/α-hetero) is 1. The predicted octanol–water partition coefficient (Wildman–Crippen LogP) is 2.78. The van der Waals surface area contributed by atoms with Crippen LogP contribution < -0.4 is 15.4 Å². The first kappa shape index (κ1) is 33.5. The smallest absolute Gasteiger partial charge is 0.410 e. The zero-order chi connectivity index (χ0) is 32.7. The maximum atomic E-state index is 13.7. The lowest BCUT2D eigenvalue weighted by molar-refractivity contribution is -0.142. The molecule has 3 heterocycles. The van der Waals surface area contributed by atoms with Gasteiger partial charge >= 0.3 is 6.09 Å². The van der Waals surface area contributed by atoms with Crippen LogP contribution in [0.1, 0.15) is 69.8 Å². The number of carbonyl (C=O) groups excluding carboxylic acids is 6. The van der Waals surface area contributed by atoms with Gasteiger partial charge in [0.1, 0.15) is 17.5 Å². The third kappa shape index (κ3) is 8.40. The lowest BCUT2D eigenvalue weighted by Crippen LogP contribution is -2.53. The second kappa shape index (κ2) is 15.0. The van der Waals surface area contributed by atoms with E-state index in [0.29, 0.717) is 36.2 Å². The number of hydrogen-bond donors (Lipinski definition) is 3. The average Bonchev–Trinajstić information content (AvgIpc) is 3.62. The van der Waals surface area contributed by atoms with Crippen LogP contribution in [0.2, 0.25) is 0 Å². The molecule has 45 heavy (non-hydrogen) atoms. The Morgan fingerprint density at radius 3 is 2.40 bits per heavy atom. The Kier molecular flexibility index (Phi) is 11.2. The van der Waals surface area contributed by atoms with Crippen molar-refractivity contribution in [3.05, 3.63) is 30.0 Å². The number of H-pyrrole nitrogens is 1. The number of hydrogen-bond acceptors (Lipinski definition) is 8. The van der Waals surface area contributed by atoms with Crippen LogP contribution in [-0.2, 0) is 23.9 Å². The fourth-order valence-electron chi connectivity index (χ4n) is 5.87. The predicted molar refractivity (Wildman–Crippen MR) is 164 cm³/mol. The number of nitrogens with zero attached hydrogens (tertiary/aromatic N) is 2. The van der Waals surface area contributed by atoms with E-state index in [9.17, 15) is 28.8 Å². The average molecular weight is 626 g/mol. The Hall–Kier alpha value is -4.42. The molecule has 0 bridgehead atoms. The summed E-state index contributed by atoms with van der Waals surface area (Å²) >= 11 is 0. The number of fused-ring (bicyclic) bond motifs is 1. The largest absolute Gasteiger partial charge is 0.496 e. The second-order valence-corrected chi connectivity index (χ2v) is 12.1. The van der Waals surface area contributed by atoms with Crippen molar-refractivity contribution in [2.45, 2.75) is 71.4 Å². The van der Waals surface area contributed by atoms with Crippen molar-refractivity contribution in [1.29, 1.82) is 0 Å². The van der Waals surface area contributed by atoms with Crippen molar-refractivity contribution in [1.82, 2.24) is 25.4 Å². The summed E-state index contributed by atoms with van der Waals surface area (Å²) in [4.78, 5) is 83.4. The van der Waals surface area contributed by atoms with Gasteiger partial charge in [0.2, 0.25) is 17.7 Å². The number of carbonyl (C=O) groups is 6. The molecule has 2 aromatic rings. The summed E-state index contributed by atoms with van der Waals surface area (Å²) < 4.78 is 10.7. The molecular formula is C32H43N5O8. The van der Waals surface area contributed by atoms with Crippen LogP contribution >= 0.6 is 0 Å². The molecule has 0 radical (unpaired) electrons. The number of likely N-dealkylation sites (tertiary alicyclic amines) is 2. The summed E-state index contributed by atoms with van der Waals surface area (Å²) in [6.07, 6.45) is 2.66. The Morgan fingerprint density at radius 1 is 1.02 bits per heavy atom.